The smallest absolute Gasteiger partial charge is 0.313 e. The molecule has 1 unspecified atom stereocenters. The van der Waals surface area contributed by atoms with Crippen molar-refractivity contribution in [2.75, 3.05) is 26.2 Å². The molecule has 1 spiro atoms. The number of hydrogen-bond acceptors (Lipinski definition) is 9. The summed E-state index contributed by atoms with van der Waals surface area (Å²) in [4.78, 5) is 58.5. The molecule has 264 valence electrons. The van der Waals surface area contributed by atoms with Crippen LogP contribution in [-0.2, 0) is 35.3 Å². The van der Waals surface area contributed by atoms with Gasteiger partial charge in [0.2, 0.25) is 17.7 Å². The molecule has 3 saturated heterocycles. The number of para-hydroxylation sites is 1. The van der Waals surface area contributed by atoms with Gasteiger partial charge in [0, 0.05) is 30.9 Å². The Morgan fingerprint density at radius 3 is 2.66 bits per heavy atom. The Labute approximate surface area is 298 Å². The topological polar surface area (TPSA) is 156 Å². The number of benzene rings is 2. The second-order valence-corrected chi connectivity index (χ2v) is 14.0. The molecule has 0 radical (unpaired) electrons. The van der Waals surface area contributed by atoms with E-state index in [0.717, 1.165) is 5.52 Å². The number of carbonyl (C=O) groups excluding carboxylic acids is 4. The third kappa shape index (κ3) is 6.59. The summed E-state index contributed by atoms with van der Waals surface area (Å²) in [5.41, 5.74) is 0.743. The molecule has 14 heteroatoms. The number of nitrogens with one attached hydrogen (secondary N) is 1. The van der Waals surface area contributed by atoms with Crippen LogP contribution in [0.5, 0.6) is 0 Å². The highest BCUT2D eigenvalue weighted by Gasteiger charge is 2.77. The Balaban J connectivity index is 1.30. The van der Waals surface area contributed by atoms with Crippen LogP contribution in [0, 0.1) is 11.8 Å². The van der Waals surface area contributed by atoms with Crippen molar-refractivity contribution in [3.05, 3.63) is 85.5 Å². The molecule has 3 amide bonds. The number of allylic oxidation sites excluding steroid dienone is 1. The molecule has 1 aromatic heterocycles. The van der Waals surface area contributed by atoms with Gasteiger partial charge in [-0.25, -0.2) is 4.68 Å². The first kappa shape index (κ1) is 35.4. The van der Waals surface area contributed by atoms with E-state index in [1.807, 2.05) is 42.5 Å². The number of hydrogen-bond donors (Lipinski definition) is 2. The van der Waals surface area contributed by atoms with Gasteiger partial charge in [-0.2, -0.15) is 0 Å². The summed E-state index contributed by atoms with van der Waals surface area (Å²) in [5, 5.41) is 21.1. The first-order valence-corrected chi connectivity index (χ1v) is 17.7. The van der Waals surface area contributed by atoms with E-state index in [9.17, 15) is 24.3 Å². The van der Waals surface area contributed by atoms with Crippen molar-refractivity contribution in [1.29, 1.82) is 0 Å². The molecule has 6 rings (SSSR count). The molecule has 3 fully saturated rings. The number of fused-ring (bicyclic) bond motifs is 2. The fourth-order valence-electron chi connectivity index (χ4n) is 7.53. The molecule has 4 heterocycles. The average molecular weight is 750 g/mol. The number of rotatable bonds is 16. The fraction of sp³-hybridized carbons (Fsp3) is 0.444. The highest BCUT2D eigenvalue weighted by Crippen LogP contribution is 2.60. The van der Waals surface area contributed by atoms with E-state index >= 15 is 0 Å². The summed E-state index contributed by atoms with van der Waals surface area (Å²) in [5.74, 6) is -3.68. The molecule has 2 N–H and O–H groups in total. The number of carbonyl (C=O) groups is 4. The fourth-order valence-corrected chi connectivity index (χ4v) is 8.47. The lowest BCUT2D eigenvalue weighted by molar-refractivity contribution is -0.160. The Kier molecular flexibility index (Phi) is 10.8. The van der Waals surface area contributed by atoms with Crippen molar-refractivity contribution < 1.29 is 33.8 Å². The largest absolute Gasteiger partial charge is 0.455 e. The number of halogens is 1. The normalized spacial score (nSPS) is 25.7. The number of amides is 3. The van der Waals surface area contributed by atoms with Gasteiger partial charge in [0.1, 0.15) is 29.9 Å². The molecule has 3 aliphatic heterocycles. The van der Waals surface area contributed by atoms with Crippen LogP contribution < -0.4 is 5.32 Å². The van der Waals surface area contributed by atoms with Gasteiger partial charge in [-0.1, -0.05) is 75.8 Å². The minimum absolute atomic E-state index is 0.0304. The van der Waals surface area contributed by atoms with Crippen molar-refractivity contribution in [3.8, 4) is 0 Å². The number of nitrogens with zero attached hydrogens (tertiary/aromatic N) is 5. The average Bonchev–Trinajstić information content (AvgIpc) is 3.85. The summed E-state index contributed by atoms with van der Waals surface area (Å²) >= 11 is 3.70. The molecular weight excluding hydrogens is 708 g/mol. The second kappa shape index (κ2) is 15.2. The van der Waals surface area contributed by atoms with Gasteiger partial charge in [0.15, 0.2) is 0 Å². The summed E-state index contributed by atoms with van der Waals surface area (Å²) in [7, 11) is 0. The molecule has 2 bridgehead atoms. The Morgan fingerprint density at radius 1 is 1.16 bits per heavy atom. The Morgan fingerprint density at radius 2 is 1.92 bits per heavy atom. The van der Waals surface area contributed by atoms with Crippen molar-refractivity contribution in [1.82, 2.24) is 30.1 Å². The lowest BCUT2D eigenvalue weighted by Crippen LogP contribution is -2.57. The van der Waals surface area contributed by atoms with Crippen LogP contribution in [0.25, 0.3) is 11.0 Å². The van der Waals surface area contributed by atoms with Gasteiger partial charge in [0.25, 0.3) is 0 Å². The number of aromatic nitrogens is 3. The van der Waals surface area contributed by atoms with Crippen LogP contribution in [0.1, 0.15) is 37.4 Å². The van der Waals surface area contributed by atoms with Gasteiger partial charge >= 0.3 is 5.97 Å². The van der Waals surface area contributed by atoms with Crippen LogP contribution in [0.4, 0.5) is 0 Å². The van der Waals surface area contributed by atoms with E-state index in [4.69, 9.17) is 9.47 Å². The number of alkyl halides is 1. The number of esters is 1. The molecule has 0 aliphatic carbocycles. The van der Waals surface area contributed by atoms with Gasteiger partial charge in [-0.3, -0.25) is 19.2 Å². The molecule has 3 aromatic rings. The maximum atomic E-state index is 14.7. The zero-order chi connectivity index (χ0) is 35.4. The number of ether oxygens (including phenoxy) is 2. The van der Waals surface area contributed by atoms with E-state index in [1.54, 1.807) is 33.9 Å². The van der Waals surface area contributed by atoms with Crippen molar-refractivity contribution >= 4 is 50.7 Å². The minimum atomic E-state index is -1.34. The van der Waals surface area contributed by atoms with Crippen molar-refractivity contribution in [2.45, 2.75) is 61.0 Å². The van der Waals surface area contributed by atoms with E-state index in [1.165, 1.54) is 4.90 Å². The number of aliphatic hydroxyl groups excluding tert-OH is 1. The van der Waals surface area contributed by atoms with Crippen molar-refractivity contribution in [2.24, 2.45) is 11.8 Å². The monoisotopic (exact) mass is 748 g/mol. The standard InChI is InChI=1S/C36H41BrN6O7/c1-3-5-16-28(45)38-21-27(23-12-7-6-8-13-23)49-35(48)29-30-33(46)42(18-11-19-44)32(36(30)20-24(37)31(29)50-36)34(47)41(17-4-2)22-43-26-15-10-9-14-25(26)39-40-43/h3-4,6-10,12-15,24,27,29-32,44H,1-2,5,11,16-22H2,(H,38,45)/t24?,27-,29+,30-,31+,32+,36-/m0/s1. The van der Waals surface area contributed by atoms with Crippen molar-refractivity contribution in [3.63, 3.8) is 0 Å². The van der Waals surface area contributed by atoms with Crippen LogP contribution in [0.3, 0.4) is 0 Å². The zero-order valence-electron chi connectivity index (χ0n) is 27.6. The first-order valence-electron chi connectivity index (χ1n) is 16.8. The van der Waals surface area contributed by atoms with E-state index in [-0.39, 0.29) is 56.5 Å². The van der Waals surface area contributed by atoms with Crippen LogP contribution >= 0.6 is 15.9 Å². The van der Waals surface area contributed by atoms with Gasteiger partial charge < -0.3 is 29.7 Å². The third-order valence-electron chi connectivity index (χ3n) is 9.73. The Hall–Kier alpha value is -4.40. The first-order chi connectivity index (χ1) is 24.2. The molecule has 50 heavy (non-hydrogen) atoms. The summed E-state index contributed by atoms with van der Waals surface area (Å²) < 4.78 is 14.4. The van der Waals surface area contributed by atoms with Crippen LogP contribution in [0.2, 0.25) is 0 Å². The third-order valence-corrected chi connectivity index (χ3v) is 10.6. The van der Waals surface area contributed by atoms with Crippen LogP contribution in [-0.4, -0.2) is 102 Å². The molecule has 3 aliphatic rings. The highest BCUT2D eigenvalue weighted by molar-refractivity contribution is 9.09. The predicted octanol–water partition coefficient (Wildman–Crippen LogP) is 2.90. The molecular formula is C36H41BrN6O7. The summed E-state index contributed by atoms with van der Waals surface area (Å²) in [6.45, 7) is 7.62. The molecule has 7 atom stereocenters. The maximum Gasteiger partial charge on any atom is 0.313 e. The lowest BCUT2D eigenvalue weighted by atomic mass is 9.70. The summed E-state index contributed by atoms with van der Waals surface area (Å²) in [6, 6.07) is 15.4. The SMILES string of the molecule is C=CCCC(=O)NC[C@H](OC(=O)[C@H]1[C@@H]2O[C@@]3(CC2Br)[C@@H]1C(=O)N(CCCO)[C@@H]3C(=O)N(CC=C)Cn1nnc2ccccc21)c1ccccc1. The van der Waals surface area contributed by atoms with Crippen LogP contribution in [0.15, 0.2) is 79.9 Å². The molecule has 0 saturated carbocycles. The summed E-state index contributed by atoms with van der Waals surface area (Å²) in [6.07, 6.45) is 2.97. The van der Waals surface area contributed by atoms with E-state index in [2.05, 4.69) is 44.7 Å². The lowest BCUT2D eigenvalue weighted by Gasteiger charge is -2.37. The minimum Gasteiger partial charge on any atom is -0.455 e. The number of aliphatic hydroxyl groups is 1. The highest BCUT2D eigenvalue weighted by atomic mass is 79.9. The predicted molar refractivity (Wildman–Crippen MR) is 186 cm³/mol. The van der Waals surface area contributed by atoms with E-state index in [0.29, 0.717) is 23.9 Å². The zero-order valence-corrected chi connectivity index (χ0v) is 29.2. The second-order valence-electron chi connectivity index (χ2n) is 12.8. The molecule has 13 nitrogen and oxygen atoms in total. The number of likely N-dealkylation sites (tertiary alicyclic amines) is 1. The van der Waals surface area contributed by atoms with Gasteiger partial charge in [-0.05, 0) is 37.0 Å². The Bertz CT molecular complexity index is 1750. The van der Waals surface area contributed by atoms with Gasteiger partial charge in [0.05, 0.1) is 30.0 Å². The molecule has 2 aromatic carbocycles. The van der Waals surface area contributed by atoms with E-state index < -0.39 is 53.5 Å². The maximum absolute atomic E-state index is 14.7. The quantitative estimate of drug-likeness (QED) is 0.128. The van der Waals surface area contributed by atoms with Gasteiger partial charge in [-0.15, -0.1) is 18.3 Å².